The Kier molecular flexibility index (Phi) is 4.37. The van der Waals surface area contributed by atoms with E-state index in [1.165, 1.54) is 23.4 Å². The second-order valence-electron chi connectivity index (χ2n) is 5.77. The first-order valence-electron chi connectivity index (χ1n) is 7.74. The third kappa shape index (κ3) is 3.74. The van der Waals surface area contributed by atoms with E-state index in [-0.39, 0.29) is 11.5 Å². The van der Waals surface area contributed by atoms with Gasteiger partial charge in [-0.2, -0.15) is 5.10 Å². The van der Waals surface area contributed by atoms with Crippen LogP contribution in [0, 0.1) is 6.92 Å². The molecule has 1 heterocycles. The molecule has 0 aromatic heterocycles. The summed E-state index contributed by atoms with van der Waals surface area (Å²) in [5, 5.41) is 25.3. The highest BCUT2D eigenvalue weighted by molar-refractivity contribution is 5.80. The van der Waals surface area contributed by atoms with Crippen molar-refractivity contribution >= 4 is 11.9 Å². The molecule has 0 aliphatic carbocycles. The predicted octanol–water partition coefficient (Wildman–Crippen LogP) is 2.56. The summed E-state index contributed by atoms with van der Waals surface area (Å²) in [6, 6.07) is 13.3. The fourth-order valence-corrected chi connectivity index (χ4v) is 2.59. The van der Waals surface area contributed by atoms with Gasteiger partial charge in [0.05, 0.1) is 19.3 Å². The Morgan fingerprint density at radius 3 is 2.26 bits per heavy atom. The molecule has 0 unspecified atom stereocenters. The van der Waals surface area contributed by atoms with Crippen molar-refractivity contribution in [1.29, 1.82) is 0 Å². The van der Waals surface area contributed by atoms with E-state index in [2.05, 4.69) is 41.2 Å². The molecule has 0 spiro atoms. The van der Waals surface area contributed by atoms with E-state index in [0.29, 0.717) is 0 Å². The highest BCUT2D eigenvalue weighted by Gasteiger charge is 2.15. The zero-order valence-electron chi connectivity index (χ0n) is 13.2. The lowest BCUT2D eigenvalue weighted by molar-refractivity contribution is 0.272. The van der Waals surface area contributed by atoms with Crippen molar-refractivity contribution in [1.82, 2.24) is 5.01 Å². The number of aryl methyl sites for hydroxylation is 1. The molecule has 1 aliphatic rings. The molecule has 5 nitrogen and oxygen atoms in total. The van der Waals surface area contributed by atoms with Crippen molar-refractivity contribution in [2.45, 2.75) is 6.92 Å². The lowest BCUT2D eigenvalue weighted by atomic mass is 10.2. The molecule has 2 N–H and O–H groups in total. The first-order chi connectivity index (χ1) is 11.1. The van der Waals surface area contributed by atoms with E-state index >= 15 is 0 Å². The van der Waals surface area contributed by atoms with Crippen LogP contribution in [0.3, 0.4) is 0 Å². The molecule has 0 bridgehead atoms. The van der Waals surface area contributed by atoms with Gasteiger partial charge in [0.25, 0.3) is 0 Å². The number of hydrogen-bond acceptors (Lipinski definition) is 5. The molecule has 120 valence electrons. The SMILES string of the molecule is Cc1ccc(N2CCN(N=Cc3ccc(O)c(O)c3)CC2)cc1. The molecule has 0 radical (unpaired) electrons. The summed E-state index contributed by atoms with van der Waals surface area (Å²) >= 11 is 0. The number of nitrogens with zero attached hydrogens (tertiary/aromatic N) is 3. The van der Waals surface area contributed by atoms with Crippen molar-refractivity contribution in [3.63, 3.8) is 0 Å². The largest absolute Gasteiger partial charge is 0.504 e. The van der Waals surface area contributed by atoms with Crippen LogP contribution in [0.1, 0.15) is 11.1 Å². The van der Waals surface area contributed by atoms with Gasteiger partial charge >= 0.3 is 0 Å². The average Bonchev–Trinajstić information content (AvgIpc) is 2.57. The lowest BCUT2D eigenvalue weighted by Gasteiger charge is -2.34. The predicted molar refractivity (Wildman–Crippen MR) is 92.3 cm³/mol. The number of piperazine rings is 1. The van der Waals surface area contributed by atoms with Gasteiger partial charge in [-0.3, -0.25) is 5.01 Å². The van der Waals surface area contributed by atoms with Crippen molar-refractivity contribution in [3.8, 4) is 11.5 Å². The summed E-state index contributed by atoms with van der Waals surface area (Å²) in [5.74, 6) is -0.244. The van der Waals surface area contributed by atoms with Crippen LogP contribution >= 0.6 is 0 Å². The van der Waals surface area contributed by atoms with Gasteiger partial charge < -0.3 is 15.1 Å². The summed E-state index contributed by atoms with van der Waals surface area (Å²) in [4.78, 5) is 2.36. The maximum absolute atomic E-state index is 9.49. The Morgan fingerprint density at radius 2 is 1.61 bits per heavy atom. The zero-order valence-corrected chi connectivity index (χ0v) is 13.2. The van der Waals surface area contributed by atoms with Gasteiger partial charge in [-0.15, -0.1) is 0 Å². The number of hydrogen-bond donors (Lipinski definition) is 2. The number of hydrazone groups is 1. The first kappa shape index (κ1) is 15.2. The molecular weight excluding hydrogens is 290 g/mol. The van der Waals surface area contributed by atoms with Crippen molar-refractivity contribution in [3.05, 3.63) is 53.6 Å². The second kappa shape index (κ2) is 6.60. The number of phenolic OH excluding ortho intramolecular Hbond substituents is 2. The summed E-state index contributed by atoms with van der Waals surface area (Å²) in [7, 11) is 0. The van der Waals surface area contributed by atoms with Crippen molar-refractivity contribution in [2.24, 2.45) is 5.10 Å². The van der Waals surface area contributed by atoms with Gasteiger partial charge in [0.15, 0.2) is 11.5 Å². The van der Waals surface area contributed by atoms with Crippen LogP contribution in [0.2, 0.25) is 0 Å². The Bertz CT molecular complexity index is 690. The van der Waals surface area contributed by atoms with E-state index in [0.717, 1.165) is 31.7 Å². The van der Waals surface area contributed by atoms with E-state index in [4.69, 9.17) is 0 Å². The standard InChI is InChI=1S/C18H21N3O2/c1-14-2-5-16(6-3-14)20-8-10-21(11-9-20)19-13-15-4-7-17(22)18(23)12-15/h2-7,12-13,22-23H,8-11H2,1H3. The highest BCUT2D eigenvalue weighted by atomic mass is 16.3. The fourth-order valence-electron chi connectivity index (χ4n) is 2.59. The van der Waals surface area contributed by atoms with Crippen LogP contribution in [0.25, 0.3) is 0 Å². The Morgan fingerprint density at radius 1 is 0.913 bits per heavy atom. The number of anilines is 1. The molecule has 1 saturated heterocycles. The molecule has 2 aromatic carbocycles. The monoisotopic (exact) mass is 311 g/mol. The van der Waals surface area contributed by atoms with Crippen LogP contribution in [0.4, 0.5) is 5.69 Å². The van der Waals surface area contributed by atoms with Gasteiger partial charge in [0, 0.05) is 18.8 Å². The molecular formula is C18H21N3O2. The quantitative estimate of drug-likeness (QED) is 0.675. The van der Waals surface area contributed by atoms with Gasteiger partial charge in [-0.1, -0.05) is 17.7 Å². The number of phenols is 2. The first-order valence-corrected chi connectivity index (χ1v) is 7.74. The summed E-state index contributed by atoms with van der Waals surface area (Å²) in [6.07, 6.45) is 1.71. The molecule has 5 heteroatoms. The van der Waals surface area contributed by atoms with E-state index < -0.39 is 0 Å². The Labute approximate surface area is 136 Å². The maximum atomic E-state index is 9.49. The molecule has 3 rings (SSSR count). The molecule has 1 aliphatic heterocycles. The summed E-state index contributed by atoms with van der Waals surface area (Å²) in [6.45, 7) is 5.67. The smallest absolute Gasteiger partial charge is 0.158 e. The van der Waals surface area contributed by atoms with E-state index in [1.54, 1.807) is 12.3 Å². The van der Waals surface area contributed by atoms with Gasteiger partial charge in [0.1, 0.15) is 0 Å². The van der Waals surface area contributed by atoms with Crippen molar-refractivity contribution in [2.75, 3.05) is 31.1 Å². The minimum atomic E-state index is -0.127. The maximum Gasteiger partial charge on any atom is 0.158 e. The van der Waals surface area contributed by atoms with Crippen LogP contribution in [-0.2, 0) is 0 Å². The van der Waals surface area contributed by atoms with Gasteiger partial charge in [0.2, 0.25) is 0 Å². The Hall–Kier alpha value is -2.69. The lowest BCUT2D eigenvalue weighted by Crippen LogP contribution is -2.44. The third-order valence-electron chi connectivity index (χ3n) is 4.02. The topological polar surface area (TPSA) is 59.3 Å². The summed E-state index contributed by atoms with van der Waals surface area (Å²) < 4.78 is 0. The molecule has 2 aromatic rings. The summed E-state index contributed by atoms with van der Waals surface area (Å²) in [5.41, 5.74) is 3.29. The number of aromatic hydroxyl groups is 2. The molecule has 23 heavy (non-hydrogen) atoms. The van der Waals surface area contributed by atoms with Crippen molar-refractivity contribution < 1.29 is 10.2 Å². The Balaban J connectivity index is 1.57. The van der Waals surface area contributed by atoms with Gasteiger partial charge in [-0.05, 0) is 42.8 Å². The molecule has 1 fully saturated rings. The fraction of sp³-hybridized carbons (Fsp3) is 0.278. The minimum absolute atomic E-state index is 0.117. The second-order valence-corrected chi connectivity index (χ2v) is 5.77. The molecule has 0 saturated carbocycles. The average molecular weight is 311 g/mol. The highest BCUT2D eigenvalue weighted by Crippen LogP contribution is 2.24. The van der Waals surface area contributed by atoms with Crippen LogP contribution in [0.5, 0.6) is 11.5 Å². The number of rotatable bonds is 3. The molecule has 0 atom stereocenters. The third-order valence-corrected chi connectivity index (χ3v) is 4.02. The van der Waals surface area contributed by atoms with E-state index in [1.807, 2.05) is 5.01 Å². The van der Waals surface area contributed by atoms with Crippen LogP contribution in [-0.4, -0.2) is 47.6 Å². The van der Waals surface area contributed by atoms with E-state index in [9.17, 15) is 10.2 Å². The minimum Gasteiger partial charge on any atom is -0.504 e. The van der Waals surface area contributed by atoms with Gasteiger partial charge in [-0.25, -0.2) is 0 Å². The number of benzene rings is 2. The molecule has 0 amide bonds. The zero-order chi connectivity index (χ0) is 16.2. The van der Waals surface area contributed by atoms with Crippen LogP contribution < -0.4 is 4.90 Å². The van der Waals surface area contributed by atoms with Crippen LogP contribution in [0.15, 0.2) is 47.6 Å². The normalized spacial score (nSPS) is 15.3.